The summed E-state index contributed by atoms with van der Waals surface area (Å²) in [6, 6.07) is 17.3. The van der Waals surface area contributed by atoms with Crippen LogP contribution in [-0.4, -0.2) is 42.5 Å². The average Bonchev–Trinajstić information content (AvgIpc) is 2.76. The zero-order chi connectivity index (χ0) is 21.3. The summed E-state index contributed by atoms with van der Waals surface area (Å²) in [6.07, 6.45) is 3.34. The number of fused-ring (bicyclic) bond motifs is 1. The van der Waals surface area contributed by atoms with Gasteiger partial charge in [-0.15, -0.1) is 0 Å². The number of nitrogens with one attached hydrogen (secondary N) is 1. The number of halogens is 1. The molecule has 2 aromatic carbocycles. The first kappa shape index (κ1) is 22.6. The normalized spacial score (nSPS) is 11.2. The van der Waals surface area contributed by atoms with Crippen LogP contribution in [0.4, 0.5) is 0 Å². The Morgan fingerprint density at radius 2 is 1.83 bits per heavy atom. The fourth-order valence-electron chi connectivity index (χ4n) is 3.20. The summed E-state index contributed by atoms with van der Waals surface area (Å²) in [5.41, 5.74) is 1.48. The molecule has 0 fully saturated rings. The molecule has 0 aliphatic rings. The van der Waals surface area contributed by atoms with E-state index in [0.717, 1.165) is 40.3 Å². The summed E-state index contributed by atoms with van der Waals surface area (Å²) >= 11 is 7.51. The molecule has 6 heteroatoms. The lowest BCUT2D eigenvalue weighted by Crippen LogP contribution is -2.28. The monoisotopic (exact) mass is 441 g/mol. The molecule has 0 aliphatic heterocycles. The number of unbranched alkanes of at least 4 members (excludes halogenated alkanes) is 1. The number of hydrogen-bond donors (Lipinski definition) is 1. The van der Waals surface area contributed by atoms with Crippen LogP contribution in [0.1, 0.15) is 36.5 Å². The largest absolute Gasteiger partial charge is 0.352 e. The van der Waals surface area contributed by atoms with Gasteiger partial charge in [-0.05, 0) is 69.4 Å². The molecule has 1 aromatic heterocycles. The minimum Gasteiger partial charge on any atom is -0.352 e. The lowest BCUT2D eigenvalue weighted by atomic mass is 10.1. The zero-order valence-corrected chi connectivity index (χ0v) is 19.1. The van der Waals surface area contributed by atoms with Crippen molar-refractivity contribution in [2.45, 2.75) is 36.1 Å². The van der Waals surface area contributed by atoms with Crippen molar-refractivity contribution in [3.63, 3.8) is 0 Å². The first-order valence-electron chi connectivity index (χ1n) is 10.4. The lowest BCUT2D eigenvalue weighted by Gasteiger charge is -2.16. The number of rotatable bonds is 10. The first-order valence-corrected chi connectivity index (χ1v) is 11.6. The Morgan fingerprint density at radius 3 is 2.60 bits per heavy atom. The molecule has 0 spiro atoms. The second kappa shape index (κ2) is 11.3. The molecule has 0 atom stereocenters. The first-order chi connectivity index (χ1) is 14.6. The highest BCUT2D eigenvalue weighted by atomic mass is 35.5. The maximum absolute atomic E-state index is 12.9. The third kappa shape index (κ3) is 6.46. The third-order valence-electron chi connectivity index (χ3n) is 4.87. The Balaban J connectivity index is 1.70. The highest BCUT2D eigenvalue weighted by Crippen LogP contribution is 2.30. The Morgan fingerprint density at radius 1 is 1.10 bits per heavy atom. The van der Waals surface area contributed by atoms with Crippen LogP contribution < -0.4 is 5.32 Å². The molecule has 0 radical (unpaired) electrons. The summed E-state index contributed by atoms with van der Waals surface area (Å²) in [5.74, 6) is -0.0530. The number of aromatic nitrogens is 1. The van der Waals surface area contributed by atoms with E-state index in [-0.39, 0.29) is 5.91 Å². The molecule has 1 N–H and O–H groups in total. The van der Waals surface area contributed by atoms with Gasteiger partial charge < -0.3 is 10.2 Å². The van der Waals surface area contributed by atoms with Gasteiger partial charge in [-0.3, -0.25) is 4.79 Å². The van der Waals surface area contributed by atoms with Gasteiger partial charge in [0.15, 0.2) is 0 Å². The van der Waals surface area contributed by atoms with E-state index in [9.17, 15) is 4.79 Å². The predicted molar refractivity (Wildman–Crippen MR) is 127 cm³/mol. The maximum Gasteiger partial charge on any atom is 0.252 e. The number of carbonyl (C=O) groups is 1. The molecule has 0 unspecified atom stereocenters. The van der Waals surface area contributed by atoms with E-state index in [1.165, 1.54) is 24.6 Å². The Labute approximate surface area is 188 Å². The van der Waals surface area contributed by atoms with Gasteiger partial charge in [-0.1, -0.05) is 54.9 Å². The van der Waals surface area contributed by atoms with E-state index in [4.69, 9.17) is 16.6 Å². The van der Waals surface area contributed by atoms with Crippen molar-refractivity contribution in [1.82, 2.24) is 15.2 Å². The molecule has 0 saturated carbocycles. The van der Waals surface area contributed by atoms with E-state index in [2.05, 4.69) is 24.2 Å². The SMILES string of the molecule is CCCCN(C)CCCNC(=O)c1cc(Sc2ccc(Cl)cc2)nc2ccccc12. The van der Waals surface area contributed by atoms with E-state index < -0.39 is 0 Å². The smallest absolute Gasteiger partial charge is 0.252 e. The highest BCUT2D eigenvalue weighted by molar-refractivity contribution is 7.99. The van der Waals surface area contributed by atoms with Crippen LogP contribution >= 0.6 is 23.4 Å². The summed E-state index contributed by atoms with van der Waals surface area (Å²) in [5, 5.41) is 5.44. The van der Waals surface area contributed by atoms with E-state index in [1.807, 2.05) is 54.6 Å². The molecule has 0 bridgehead atoms. The summed E-state index contributed by atoms with van der Waals surface area (Å²) in [7, 11) is 2.13. The Bertz CT molecular complexity index is 978. The topological polar surface area (TPSA) is 45.2 Å². The number of nitrogens with zero attached hydrogens (tertiary/aromatic N) is 2. The number of benzene rings is 2. The van der Waals surface area contributed by atoms with Gasteiger partial charge in [0.2, 0.25) is 0 Å². The van der Waals surface area contributed by atoms with Crippen LogP contribution in [0.5, 0.6) is 0 Å². The number of amides is 1. The second-order valence-corrected chi connectivity index (χ2v) is 8.88. The van der Waals surface area contributed by atoms with Gasteiger partial charge in [0.25, 0.3) is 5.91 Å². The molecule has 0 aliphatic carbocycles. The van der Waals surface area contributed by atoms with Gasteiger partial charge in [0.1, 0.15) is 5.03 Å². The molecule has 158 valence electrons. The third-order valence-corrected chi connectivity index (χ3v) is 6.05. The Kier molecular flexibility index (Phi) is 8.55. The van der Waals surface area contributed by atoms with Gasteiger partial charge in [-0.2, -0.15) is 0 Å². The number of carbonyl (C=O) groups excluding carboxylic acids is 1. The van der Waals surface area contributed by atoms with Gasteiger partial charge in [-0.25, -0.2) is 4.98 Å². The van der Waals surface area contributed by atoms with Crippen molar-refractivity contribution < 1.29 is 4.79 Å². The minimum absolute atomic E-state index is 0.0530. The molecule has 30 heavy (non-hydrogen) atoms. The summed E-state index contributed by atoms with van der Waals surface area (Å²) in [6.45, 7) is 4.94. The molecule has 4 nitrogen and oxygen atoms in total. The van der Waals surface area contributed by atoms with Gasteiger partial charge in [0, 0.05) is 21.8 Å². The van der Waals surface area contributed by atoms with E-state index in [1.54, 1.807) is 0 Å². The number of pyridine rings is 1. The molecule has 3 rings (SSSR count). The zero-order valence-electron chi connectivity index (χ0n) is 17.5. The quantitative estimate of drug-likeness (QED) is 0.398. The molecular weight excluding hydrogens is 414 g/mol. The van der Waals surface area contributed by atoms with Crippen molar-refractivity contribution in [2.75, 3.05) is 26.7 Å². The Hall–Kier alpha value is -2.08. The summed E-state index contributed by atoms with van der Waals surface area (Å²) < 4.78 is 0. The van der Waals surface area contributed by atoms with Crippen LogP contribution in [0.3, 0.4) is 0 Å². The van der Waals surface area contributed by atoms with Crippen molar-refractivity contribution in [3.8, 4) is 0 Å². The highest BCUT2D eigenvalue weighted by Gasteiger charge is 2.13. The summed E-state index contributed by atoms with van der Waals surface area (Å²) in [4.78, 5) is 21.0. The molecule has 0 saturated heterocycles. The van der Waals surface area contributed by atoms with Crippen molar-refractivity contribution in [1.29, 1.82) is 0 Å². The molecule has 1 heterocycles. The average molecular weight is 442 g/mol. The van der Waals surface area contributed by atoms with Gasteiger partial charge >= 0.3 is 0 Å². The number of para-hydroxylation sites is 1. The van der Waals surface area contributed by atoms with Crippen LogP contribution in [0.2, 0.25) is 5.02 Å². The van der Waals surface area contributed by atoms with Crippen LogP contribution in [0, 0.1) is 0 Å². The van der Waals surface area contributed by atoms with E-state index in [0.29, 0.717) is 17.1 Å². The van der Waals surface area contributed by atoms with Crippen molar-refractivity contribution in [2.24, 2.45) is 0 Å². The lowest BCUT2D eigenvalue weighted by molar-refractivity contribution is 0.0953. The van der Waals surface area contributed by atoms with Crippen LogP contribution in [0.15, 0.2) is 64.5 Å². The molecular formula is C24H28ClN3OS. The second-order valence-electron chi connectivity index (χ2n) is 7.35. The fraction of sp³-hybridized carbons (Fsp3) is 0.333. The molecule has 1 amide bonds. The van der Waals surface area contributed by atoms with Crippen LogP contribution in [0.25, 0.3) is 10.9 Å². The van der Waals surface area contributed by atoms with Crippen molar-refractivity contribution >= 4 is 40.2 Å². The predicted octanol–water partition coefficient (Wildman–Crippen LogP) is 5.89. The standard InChI is InChI=1S/C24H28ClN3OS/c1-3-4-15-28(2)16-7-14-26-24(29)21-17-23(27-22-9-6-5-8-20(21)22)30-19-12-10-18(25)11-13-19/h5-6,8-13,17H,3-4,7,14-16H2,1-2H3,(H,26,29). The van der Waals surface area contributed by atoms with Gasteiger partial charge in [0.05, 0.1) is 11.1 Å². The van der Waals surface area contributed by atoms with E-state index >= 15 is 0 Å². The van der Waals surface area contributed by atoms with Crippen LogP contribution in [-0.2, 0) is 0 Å². The maximum atomic E-state index is 12.9. The number of hydrogen-bond acceptors (Lipinski definition) is 4. The molecule has 3 aromatic rings. The van der Waals surface area contributed by atoms with Crippen molar-refractivity contribution in [3.05, 3.63) is 65.2 Å². The minimum atomic E-state index is -0.0530. The fourth-order valence-corrected chi connectivity index (χ4v) is 4.16.